The Balaban J connectivity index is 1.30. The Kier molecular flexibility index (Phi) is 3.50. The second kappa shape index (κ2) is 6.81. The normalized spacial score (nSPS) is 24.5. The molecule has 150 valence electrons. The Morgan fingerprint density at radius 3 is 2.86 bits per heavy atom. The summed E-state index contributed by atoms with van der Waals surface area (Å²) in [5.41, 5.74) is 2.02. The van der Waals surface area contributed by atoms with Crippen molar-refractivity contribution in [3.05, 3.63) is 36.8 Å². The number of hydrogen-bond acceptors (Lipinski definition) is 7. The topological polar surface area (TPSA) is 98.0 Å². The number of aryl methyl sites for hydroxylation is 1. The van der Waals surface area contributed by atoms with Gasteiger partial charge < -0.3 is 15.2 Å². The second-order valence-electron chi connectivity index (χ2n) is 8.03. The zero-order valence-corrected chi connectivity index (χ0v) is 16.0. The molecule has 3 aromatic heterocycles. The van der Waals surface area contributed by atoms with E-state index in [4.69, 9.17) is 8.85 Å². The minimum Gasteiger partial charge on any atom is -0.506 e. The van der Waals surface area contributed by atoms with Gasteiger partial charge in [-0.2, -0.15) is 5.10 Å². The molecule has 29 heavy (non-hydrogen) atoms. The van der Waals surface area contributed by atoms with Crippen molar-refractivity contribution in [1.82, 2.24) is 30.3 Å². The van der Waals surface area contributed by atoms with Gasteiger partial charge in [0.2, 0.25) is 5.88 Å². The molecule has 5 rings (SSSR count). The standard InChI is InChI=1S/C21H24N6O2/c1-13-7-16(9-21(24-13)5-6-21)29-19-4-3-17(25-26-19)20-18(28)8-14(10-22-20)15-11-23-27(2)12-15/h3-4,8,10-13,16,24,28H,5-7,9H2,1-2H3/t13-,16+/m0/s1/i2D3. The van der Waals surface area contributed by atoms with Crippen LogP contribution in [-0.2, 0) is 6.98 Å². The average Bonchev–Trinajstić information content (AvgIpc) is 3.25. The van der Waals surface area contributed by atoms with Crippen LogP contribution in [0.2, 0.25) is 0 Å². The van der Waals surface area contributed by atoms with Crippen LogP contribution in [0.1, 0.15) is 36.7 Å². The summed E-state index contributed by atoms with van der Waals surface area (Å²) >= 11 is 0. The molecule has 1 saturated heterocycles. The number of nitrogens with one attached hydrogen (secondary N) is 1. The van der Waals surface area contributed by atoms with Crippen LogP contribution in [0.3, 0.4) is 0 Å². The van der Waals surface area contributed by atoms with Gasteiger partial charge in [0.1, 0.15) is 23.2 Å². The van der Waals surface area contributed by atoms with Gasteiger partial charge in [-0.3, -0.25) is 4.68 Å². The van der Waals surface area contributed by atoms with Crippen LogP contribution in [0, 0.1) is 0 Å². The Morgan fingerprint density at radius 2 is 2.17 bits per heavy atom. The molecule has 0 amide bonds. The maximum absolute atomic E-state index is 10.5. The van der Waals surface area contributed by atoms with Crippen molar-refractivity contribution in [2.24, 2.45) is 6.98 Å². The summed E-state index contributed by atoms with van der Waals surface area (Å²) in [5, 5.41) is 26.4. The van der Waals surface area contributed by atoms with Crippen LogP contribution in [-0.4, -0.2) is 47.8 Å². The molecule has 1 aliphatic carbocycles. The highest BCUT2D eigenvalue weighted by molar-refractivity contribution is 5.69. The van der Waals surface area contributed by atoms with Crippen molar-refractivity contribution in [2.75, 3.05) is 0 Å². The lowest BCUT2D eigenvalue weighted by molar-refractivity contribution is 0.106. The number of piperidine rings is 1. The molecule has 3 aromatic rings. The van der Waals surface area contributed by atoms with Gasteiger partial charge >= 0.3 is 0 Å². The predicted octanol–water partition coefficient (Wildman–Crippen LogP) is 2.70. The molecule has 8 nitrogen and oxygen atoms in total. The molecule has 0 bridgehead atoms. The maximum atomic E-state index is 10.5. The molecule has 2 N–H and O–H groups in total. The molecule has 2 atom stereocenters. The first kappa shape index (κ1) is 14.9. The summed E-state index contributed by atoms with van der Waals surface area (Å²) < 4.78 is 29.2. The monoisotopic (exact) mass is 395 g/mol. The molecule has 0 radical (unpaired) electrons. The van der Waals surface area contributed by atoms with Gasteiger partial charge in [-0.25, -0.2) is 4.98 Å². The van der Waals surface area contributed by atoms with Crippen molar-refractivity contribution in [2.45, 2.75) is 50.3 Å². The predicted molar refractivity (Wildman–Crippen MR) is 107 cm³/mol. The van der Waals surface area contributed by atoms with Gasteiger partial charge in [0.25, 0.3) is 0 Å². The van der Waals surface area contributed by atoms with E-state index in [1.54, 1.807) is 12.1 Å². The maximum Gasteiger partial charge on any atom is 0.233 e. The van der Waals surface area contributed by atoms with E-state index in [0.29, 0.717) is 28.7 Å². The summed E-state index contributed by atoms with van der Waals surface area (Å²) in [6, 6.07) is 5.37. The highest BCUT2D eigenvalue weighted by atomic mass is 16.5. The van der Waals surface area contributed by atoms with E-state index < -0.39 is 6.98 Å². The molecule has 1 saturated carbocycles. The molecule has 8 heteroatoms. The van der Waals surface area contributed by atoms with Gasteiger partial charge in [-0.05, 0) is 38.3 Å². The van der Waals surface area contributed by atoms with Crippen LogP contribution in [0.25, 0.3) is 22.5 Å². The summed E-state index contributed by atoms with van der Waals surface area (Å²) in [7, 11) is 0. The Hall–Kier alpha value is -3.00. The fourth-order valence-electron chi connectivity index (χ4n) is 4.10. The third-order valence-electron chi connectivity index (χ3n) is 5.59. The third-order valence-corrected chi connectivity index (χ3v) is 5.59. The Bertz CT molecular complexity index is 1130. The van der Waals surface area contributed by atoms with Crippen molar-refractivity contribution in [1.29, 1.82) is 0 Å². The molecule has 4 heterocycles. The summed E-state index contributed by atoms with van der Waals surface area (Å²) in [6.07, 6.45) is 8.74. The largest absolute Gasteiger partial charge is 0.506 e. The Labute approximate surface area is 173 Å². The fourth-order valence-corrected chi connectivity index (χ4v) is 4.10. The number of aromatic nitrogens is 5. The van der Waals surface area contributed by atoms with Crippen LogP contribution in [0.15, 0.2) is 36.8 Å². The quantitative estimate of drug-likeness (QED) is 0.701. The fraction of sp³-hybridized carbons (Fsp3) is 0.429. The highest BCUT2D eigenvalue weighted by Gasteiger charge is 2.48. The van der Waals surface area contributed by atoms with E-state index in [1.165, 1.54) is 37.5 Å². The first-order valence-corrected chi connectivity index (χ1v) is 9.74. The van der Waals surface area contributed by atoms with Gasteiger partial charge in [-0.1, -0.05) is 0 Å². The number of aromatic hydroxyl groups is 1. The molecule has 2 aliphatic rings. The van der Waals surface area contributed by atoms with Crippen LogP contribution < -0.4 is 10.1 Å². The van der Waals surface area contributed by atoms with E-state index in [9.17, 15) is 5.11 Å². The smallest absolute Gasteiger partial charge is 0.233 e. The SMILES string of the molecule is [2H]C([2H])([2H])n1cc(-c2cnc(-c3ccc(O[C@@H]4C[C@H](C)NC5(CC5)C4)nn3)c(O)c2)cn1. The van der Waals surface area contributed by atoms with Crippen molar-refractivity contribution >= 4 is 0 Å². The third kappa shape index (κ3) is 3.67. The molecule has 0 aromatic carbocycles. The van der Waals surface area contributed by atoms with E-state index in [-0.39, 0.29) is 23.1 Å². The second-order valence-corrected chi connectivity index (χ2v) is 8.03. The molecule has 1 spiro atoms. The van der Waals surface area contributed by atoms with Crippen molar-refractivity contribution in [3.63, 3.8) is 0 Å². The van der Waals surface area contributed by atoms with Gasteiger partial charge in [0, 0.05) is 58.7 Å². The summed E-state index contributed by atoms with van der Waals surface area (Å²) in [6.45, 7) is -0.185. The van der Waals surface area contributed by atoms with Crippen LogP contribution in [0.5, 0.6) is 11.6 Å². The van der Waals surface area contributed by atoms with Gasteiger partial charge in [-0.15, -0.1) is 10.2 Å². The lowest BCUT2D eigenvalue weighted by Crippen LogP contribution is -2.49. The van der Waals surface area contributed by atoms with Gasteiger partial charge in [0.15, 0.2) is 0 Å². The zero-order valence-electron chi connectivity index (χ0n) is 19.0. The minimum absolute atomic E-state index is 0.0880. The first-order chi connectivity index (χ1) is 15.2. The minimum atomic E-state index is -2.36. The number of nitrogens with zero attached hydrogens (tertiary/aromatic N) is 5. The average molecular weight is 395 g/mol. The lowest BCUT2D eigenvalue weighted by Gasteiger charge is -2.34. The zero-order chi connectivity index (χ0) is 22.5. The number of pyridine rings is 1. The molecule has 0 unspecified atom stereocenters. The number of ether oxygens (including phenoxy) is 1. The van der Waals surface area contributed by atoms with Crippen molar-refractivity contribution in [3.8, 4) is 34.1 Å². The molecular weight excluding hydrogens is 368 g/mol. The summed E-state index contributed by atoms with van der Waals surface area (Å²) in [5.74, 6) is 0.367. The Morgan fingerprint density at radius 1 is 1.28 bits per heavy atom. The molecule has 2 fully saturated rings. The van der Waals surface area contributed by atoms with E-state index in [2.05, 4.69) is 32.5 Å². The highest BCUT2D eigenvalue weighted by Crippen LogP contribution is 2.44. The van der Waals surface area contributed by atoms with Crippen LogP contribution in [0.4, 0.5) is 0 Å². The van der Waals surface area contributed by atoms with Gasteiger partial charge in [0.05, 0.1) is 6.20 Å². The van der Waals surface area contributed by atoms with Crippen LogP contribution >= 0.6 is 0 Å². The van der Waals surface area contributed by atoms with E-state index in [1.807, 2.05) is 0 Å². The van der Waals surface area contributed by atoms with E-state index >= 15 is 0 Å². The summed E-state index contributed by atoms with van der Waals surface area (Å²) in [4.78, 5) is 4.30. The number of hydrogen-bond donors (Lipinski definition) is 2. The lowest BCUT2D eigenvalue weighted by atomic mass is 9.95. The molecule has 1 aliphatic heterocycles. The van der Waals surface area contributed by atoms with E-state index in [0.717, 1.165) is 17.5 Å². The molecular formula is C21H24N6O2. The first-order valence-electron chi connectivity index (χ1n) is 11.2. The van der Waals surface area contributed by atoms with Crippen molar-refractivity contribution < 1.29 is 14.0 Å². The number of rotatable bonds is 4.